The average molecular weight is 207 g/mol. The molecule has 0 atom stereocenters. The molecule has 1 aromatic heterocycles. The van der Waals surface area contributed by atoms with Gasteiger partial charge < -0.3 is 10.2 Å². The van der Waals surface area contributed by atoms with Crippen LogP contribution in [0.4, 0.5) is 5.82 Å². The minimum atomic E-state index is 0.754. The van der Waals surface area contributed by atoms with Gasteiger partial charge in [0, 0.05) is 19.8 Å². The van der Waals surface area contributed by atoms with Gasteiger partial charge in [0.05, 0.1) is 0 Å². The van der Waals surface area contributed by atoms with Gasteiger partial charge in [-0.25, -0.2) is 4.98 Å². The maximum Gasteiger partial charge on any atom is 0.174 e. The van der Waals surface area contributed by atoms with Crippen LogP contribution in [-0.2, 0) is 6.42 Å². The molecule has 2 heterocycles. The summed E-state index contributed by atoms with van der Waals surface area (Å²) in [5, 5.41) is 3.75. The molecular weight excluding hydrogens is 194 g/mol. The average Bonchev–Trinajstić information content (AvgIpc) is 2.27. The smallest absolute Gasteiger partial charge is 0.174 e. The molecule has 0 amide bonds. The Morgan fingerprint density at radius 2 is 2.50 bits per heavy atom. The highest BCUT2D eigenvalue weighted by Crippen LogP contribution is 2.23. The molecule has 0 radical (unpaired) electrons. The van der Waals surface area contributed by atoms with Crippen LogP contribution in [0.15, 0.2) is 18.3 Å². The molecule has 0 bridgehead atoms. The van der Waals surface area contributed by atoms with E-state index in [9.17, 15) is 0 Å². The lowest BCUT2D eigenvalue weighted by molar-refractivity contribution is 0.759. The minimum absolute atomic E-state index is 0.754. The zero-order chi connectivity index (χ0) is 9.97. The van der Waals surface area contributed by atoms with Crippen LogP contribution in [0.25, 0.3) is 0 Å². The molecule has 0 unspecified atom stereocenters. The third-order valence-electron chi connectivity index (χ3n) is 2.41. The second-order valence-corrected chi connectivity index (χ2v) is 3.68. The third kappa shape index (κ3) is 1.57. The molecular formula is C10H13N3S. The zero-order valence-corrected chi connectivity index (χ0v) is 8.97. The van der Waals surface area contributed by atoms with E-state index in [2.05, 4.69) is 21.3 Å². The first-order valence-electron chi connectivity index (χ1n) is 4.76. The molecule has 2 rings (SSSR count). The quantitative estimate of drug-likeness (QED) is 0.650. The molecule has 1 N–H and O–H groups in total. The van der Waals surface area contributed by atoms with Crippen molar-refractivity contribution < 1.29 is 0 Å². The van der Waals surface area contributed by atoms with E-state index in [1.807, 2.05) is 19.3 Å². The Morgan fingerprint density at radius 3 is 3.29 bits per heavy atom. The second-order valence-electron chi connectivity index (χ2n) is 3.30. The molecule has 0 aromatic carbocycles. The van der Waals surface area contributed by atoms with Crippen LogP contribution in [0.3, 0.4) is 0 Å². The van der Waals surface area contributed by atoms with Crippen LogP contribution in [0.1, 0.15) is 12.0 Å². The highest BCUT2D eigenvalue weighted by molar-refractivity contribution is 7.80. The van der Waals surface area contributed by atoms with E-state index in [-0.39, 0.29) is 0 Å². The standard InChI is InChI=1S/C10H13N3S/c1-11-10(14)13-7-3-5-8-4-2-6-12-9(8)13/h2,4,6H,3,5,7H2,1H3,(H,11,14). The van der Waals surface area contributed by atoms with Gasteiger partial charge in [-0.3, -0.25) is 0 Å². The van der Waals surface area contributed by atoms with Crippen molar-refractivity contribution >= 4 is 23.1 Å². The van der Waals surface area contributed by atoms with Gasteiger partial charge in [-0.1, -0.05) is 6.07 Å². The summed E-state index contributed by atoms with van der Waals surface area (Å²) in [5.74, 6) is 1.01. The number of anilines is 1. The highest BCUT2D eigenvalue weighted by Gasteiger charge is 2.19. The second kappa shape index (κ2) is 3.92. The molecule has 0 spiro atoms. The Bertz CT molecular complexity index is 351. The highest BCUT2D eigenvalue weighted by atomic mass is 32.1. The van der Waals surface area contributed by atoms with E-state index in [0.717, 1.165) is 30.3 Å². The predicted octanol–water partition coefficient (Wildman–Crippen LogP) is 1.34. The Labute approximate surface area is 89.1 Å². The Hall–Kier alpha value is -1.16. The van der Waals surface area contributed by atoms with Crippen molar-refractivity contribution in [3.05, 3.63) is 23.9 Å². The molecule has 0 saturated carbocycles. The van der Waals surface area contributed by atoms with Gasteiger partial charge in [0.15, 0.2) is 5.11 Å². The molecule has 0 aliphatic carbocycles. The number of pyridine rings is 1. The van der Waals surface area contributed by atoms with Crippen molar-refractivity contribution in [3.63, 3.8) is 0 Å². The van der Waals surface area contributed by atoms with Gasteiger partial charge in [0.1, 0.15) is 5.82 Å². The summed E-state index contributed by atoms with van der Waals surface area (Å²) in [6.45, 7) is 0.962. The van der Waals surface area contributed by atoms with Crippen molar-refractivity contribution in [1.82, 2.24) is 10.3 Å². The number of fused-ring (bicyclic) bond motifs is 1. The molecule has 1 aliphatic heterocycles. The van der Waals surface area contributed by atoms with E-state index in [4.69, 9.17) is 12.2 Å². The summed E-state index contributed by atoms with van der Waals surface area (Å²) in [5.41, 5.74) is 1.29. The van der Waals surface area contributed by atoms with Gasteiger partial charge in [-0.05, 0) is 36.7 Å². The summed E-state index contributed by atoms with van der Waals surface area (Å²) in [4.78, 5) is 6.43. The van der Waals surface area contributed by atoms with E-state index in [0.29, 0.717) is 0 Å². The van der Waals surface area contributed by atoms with E-state index in [1.165, 1.54) is 5.56 Å². The van der Waals surface area contributed by atoms with Crippen LogP contribution in [-0.4, -0.2) is 23.7 Å². The number of hydrogen-bond acceptors (Lipinski definition) is 2. The lowest BCUT2D eigenvalue weighted by Gasteiger charge is -2.29. The molecule has 74 valence electrons. The number of rotatable bonds is 0. The summed E-state index contributed by atoms with van der Waals surface area (Å²) in [6, 6.07) is 4.09. The third-order valence-corrected chi connectivity index (χ3v) is 2.83. The van der Waals surface area contributed by atoms with Gasteiger partial charge >= 0.3 is 0 Å². The van der Waals surface area contributed by atoms with Gasteiger partial charge in [-0.15, -0.1) is 0 Å². The van der Waals surface area contributed by atoms with Crippen molar-refractivity contribution in [1.29, 1.82) is 0 Å². The predicted molar refractivity (Wildman–Crippen MR) is 61.6 cm³/mol. The first kappa shape index (κ1) is 9.40. The van der Waals surface area contributed by atoms with Crippen molar-refractivity contribution in [2.75, 3.05) is 18.5 Å². The Balaban J connectivity index is 2.35. The number of nitrogens with one attached hydrogen (secondary N) is 1. The molecule has 14 heavy (non-hydrogen) atoms. The maximum absolute atomic E-state index is 5.23. The van der Waals surface area contributed by atoms with Crippen LogP contribution in [0.5, 0.6) is 0 Å². The summed E-state index contributed by atoms with van der Waals surface area (Å²) < 4.78 is 0. The number of nitrogens with zero attached hydrogens (tertiary/aromatic N) is 2. The molecule has 0 saturated heterocycles. The summed E-state index contributed by atoms with van der Waals surface area (Å²) >= 11 is 5.23. The first-order valence-corrected chi connectivity index (χ1v) is 5.17. The number of aromatic nitrogens is 1. The van der Waals surface area contributed by atoms with Gasteiger partial charge in [0.25, 0.3) is 0 Å². The summed E-state index contributed by atoms with van der Waals surface area (Å²) in [7, 11) is 1.85. The number of aryl methyl sites for hydroxylation is 1. The lowest BCUT2D eigenvalue weighted by atomic mass is 10.1. The van der Waals surface area contributed by atoms with Gasteiger partial charge in [0.2, 0.25) is 0 Å². The first-order chi connectivity index (χ1) is 6.83. The molecule has 4 heteroatoms. The van der Waals surface area contributed by atoms with Crippen LogP contribution in [0, 0.1) is 0 Å². The van der Waals surface area contributed by atoms with E-state index >= 15 is 0 Å². The van der Waals surface area contributed by atoms with Gasteiger partial charge in [-0.2, -0.15) is 0 Å². The zero-order valence-electron chi connectivity index (χ0n) is 8.16. The fraction of sp³-hybridized carbons (Fsp3) is 0.400. The molecule has 0 fully saturated rings. The number of thiocarbonyl (C=S) groups is 1. The monoisotopic (exact) mass is 207 g/mol. The van der Waals surface area contributed by atoms with Crippen molar-refractivity contribution in [2.45, 2.75) is 12.8 Å². The topological polar surface area (TPSA) is 28.2 Å². The lowest BCUT2D eigenvalue weighted by Crippen LogP contribution is -2.41. The summed E-state index contributed by atoms with van der Waals surface area (Å²) in [6.07, 6.45) is 4.06. The van der Waals surface area contributed by atoms with E-state index in [1.54, 1.807) is 0 Å². The Kier molecular flexibility index (Phi) is 2.63. The van der Waals surface area contributed by atoms with Crippen LogP contribution in [0.2, 0.25) is 0 Å². The SMILES string of the molecule is CNC(=S)N1CCCc2cccnc21. The molecule has 1 aliphatic rings. The molecule has 1 aromatic rings. The fourth-order valence-corrected chi connectivity index (χ4v) is 1.91. The van der Waals surface area contributed by atoms with Crippen molar-refractivity contribution in [2.24, 2.45) is 0 Å². The maximum atomic E-state index is 5.23. The molecule has 3 nitrogen and oxygen atoms in total. The Morgan fingerprint density at radius 1 is 1.64 bits per heavy atom. The van der Waals surface area contributed by atoms with E-state index < -0.39 is 0 Å². The minimum Gasteiger partial charge on any atom is -0.365 e. The van der Waals surface area contributed by atoms with Crippen LogP contribution >= 0.6 is 12.2 Å². The van der Waals surface area contributed by atoms with Crippen molar-refractivity contribution in [3.8, 4) is 0 Å². The number of hydrogen-bond donors (Lipinski definition) is 1. The van der Waals surface area contributed by atoms with Crippen LogP contribution < -0.4 is 10.2 Å². The fourth-order valence-electron chi connectivity index (χ4n) is 1.73. The largest absolute Gasteiger partial charge is 0.365 e. The normalized spacial score (nSPS) is 14.8.